The second-order valence-electron chi connectivity index (χ2n) is 18.9. The highest BCUT2D eigenvalue weighted by Gasteiger charge is 2.39. The van der Waals surface area contributed by atoms with E-state index in [-0.39, 0.29) is 41.8 Å². The maximum atomic E-state index is 14.4. The Morgan fingerprint density at radius 3 is 2.41 bits per heavy atom. The van der Waals surface area contributed by atoms with Gasteiger partial charge in [-0.2, -0.15) is 15.5 Å². The number of nitrogens with one attached hydrogen (secondary N) is 3. The minimum absolute atomic E-state index is 0.0738. The molecule has 7 aromatic rings. The Bertz CT molecular complexity index is 3070. The molecule has 2 aliphatic heterocycles. The van der Waals surface area contributed by atoms with Crippen molar-refractivity contribution in [3.8, 4) is 38.9 Å². The fourth-order valence-corrected chi connectivity index (χ4v) is 10.6. The average molecular weight is 990 g/mol. The molecule has 4 aromatic heterocycles. The second-order valence-corrected chi connectivity index (χ2v) is 20.1. The van der Waals surface area contributed by atoms with Crippen molar-refractivity contribution in [1.29, 1.82) is 5.26 Å². The normalized spacial score (nSPS) is 16.9. The summed E-state index contributed by atoms with van der Waals surface area (Å²) >= 11 is 7.84. The number of carbonyl (C=O) groups is 3. The van der Waals surface area contributed by atoms with Crippen LogP contribution in [0.2, 0.25) is 5.02 Å². The first-order chi connectivity index (χ1) is 34.3. The zero-order chi connectivity index (χ0) is 49.8. The molecule has 0 saturated carbocycles. The number of carbonyl (C=O) groups excluding carboxylic acids is 3. The molecular formula is C54H57ClN12O3S. The molecule has 364 valence electrons. The van der Waals surface area contributed by atoms with E-state index >= 15 is 0 Å². The number of amides is 3. The van der Waals surface area contributed by atoms with Gasteiger partial charge in [-0.3, -0.25) is 23.7 Å². The Balaban J connectivity index is 0.768. The molecular weight excluding hydrogens is 932 g/mol. The van der Waals surface area contributed by atoms with E-state index in [2.05, 4.69) is 55.2 Å². The number of nitrogens with zero attached hydrogens (tertiary/aromatic N) is 9. The summed E-state index contributed by atoms with van der Waals surface area (Å²) in [6.45, 7) is 12.5. The lowest BCUT2D eigenvalue weighted by molar-refractivity contribution is -0.142. The Hall–Kier alpha value is -7.35. The van der Waals surface area contributed by atoms with Gasteiger partial charge in [0, 0.05) is 72.7 Å². The summed E-state index contributed by atoms with van der Waals surface area (Å²) < 4.78 is 3.53. The van der Waals surface area contributed by atoms with E-state index in [0.29, 0.717) is 35.7 Å². The van der Waals surface area contributed by atoms with Crippen molar-refractivity contribution >= 4 is 52.2 Å². The summed E-state index contributed by atoms with van der Waals surface area (Å²) in [6, 6.07) is 27.6. The molecule has 5 atom stereocenters. The van der Waals surface area contributed by atoms with Crippen LogP contribution >= 0.6 is 22.9 Å². The predicted octanol–water partition coefficient (Wildman–Crippen LogP) is 9.34. The standard InChI is InChI=1S/C54H57ClN12O3S/c1-33(2)50(54(70)66-22-6-7-48(66)53(69)61-35(4)37-8-10-38(11-9-37)51-36(5)58-32-71-51)67-30-43(28-59-67)40-18-21-57-49(26-40)64-23-19-45(31-64)62-44-16-14-39(15-17-44)52(68)60-34(3)29-65-24-20-47(63-65)41-12-13-42(27-56)46(55)25-41/h8-18,20-21,24-26,28,30,32-35,45,48,50,62H,6-7,19,22-23,29,31H2,1-5H3,(H,60,68)(H,61,69)/t34-,35-,45?,48?,50?/m0/s1. The Kier molecular flexibility index (Phi) is 14.6. The Morgan fingerprint density at radius 1 is 0.887 bits per heavy atom. The van der Waals surface area contributed by atoms with Crippen LogP contribution in [0, 0.1) is 24.2 Å². The molecule has 17 heteroatoms. The molecule has 9 rings (SSSR count). The van der Waals surface area contributed by atoms with Crippen molar-refractivity contribution in [3.05, 3.63) is 143 Å². The van der Waals surface area contributed by atoms with Crippen molar-refractivity contribution < 1.29 is 14.4 Å². The number of anilines is 2. The monoisotopic (exact) mass is 988 g/mol. The van der Waals surface area contributed by atoms with Crippen LogP contribution in [0.3, 0.4) is 0 Å². The van der Waals surface area contributed by atoms with E-state index in [4.69, 9.17) is 21.7 Å². The summed E-state index contributed by atoms with van der Waals surface area (Å²) in [5, 5.41) is 28.8. The first-order valence-corrected chi connectivity index (χ1v) is 25.4. The van der Waals surface area contributed by atoms with Crippen molar-refractivity contribution in [3.63, 3.8) is 0 Å². The molecule has 0 aliphatic carbocycles. The van der Waals surface area contributed by atoms with Crippen LogP contribution in [0.4, 0.5) is 11.5 Å². The van der Waals surface area contributed by atoms with Gasteiger partial charge in [0.15, 0.2) is 0 Å². The zero-order valence-corrected chi connectivity index (χ0v) is 42.0. The maximum Gasteiger partial charge on any atom is 0.251 e. The number of benzene rings is 3. The van der Waals surface area contributed by atoms with Crippen molar-refractivity contribution in [2.24, 2.45) is 5.92 Å². The van der Waals surface area contributed by atoms with Crippen LogP contribution in [0.5, 0.6) is 0 Å². The van der Waals surface area contributed by atoms with Gasteiger partial charge in [0.25, 0.3) is 5.91 Å². The van der Waals surface area contributed by atoms with Crippen molar-refractivity contribution in [2.45, 2.75) is 90.6 Å². The van der Waals surface area contributed by atoms with Crippen LogP contribution < -0.4 is 20.9 Å². The van der Waals surface area contributed by atoms with Crippen LogP contribution in [-0.2, 0) is 16.1 Å². The minimum Gasteiger partial charge on any atom is -0.380 e. The molecule has 6 heterocycles. The molecule has 3 unspecified atom stereocenters. The van der Waals surface area contributed by atoms with Gasteiger partial charge in [0.1, 0.15) is 24.0 Å². The fourth-order valence-electron chi connectivity index (χ4n) is 9.54. The summed E-state index contributed by atoms with van der Waals surface area (Å²) in [7, 11) is 0. The van der Waals surface area contributed by atoms with Crippen LogP contribution in [0.1, 0.15) is 86.2 Å². The smallest absolute Gasteiger partial charge is 0.251 e. The first-order valence-electron chi connectivity index (χ1n) is 24.1. The third kappa shape index (κ3) is 11.0. The quantitative estimate of drug-likeness (QED) is 0.0845. The third-order valence-electron chi connectivity index (χ3n) is 13.4. The maximum absolute atomic E-state index is 14.4. The van der Waals surface area contributed by atoms with Gasteiger partial charge in [0.2, 0.25) is 11.8 Å². The molecule has 3 N–H and O–H groups in total. The van der Waals surface area contributed by atoms with Gasteiger partial charge in [-0.15, -0.1) is 11.3 Å². The van der Waals surface area contributed by atoms with Gasteiger partial charge in [0.05, 0.1) is 51.1 Å². The number of aromatic nitrogens is 6. The van der Waals surface area contributed by atoms with Gasteiger partial charge in [-0.05, 0) is 117 Å². The van der Waals surface area contributed by atoms with Crippen LogP contribution in [0.25, 0.3) is 32.8 Å². The fraction of sp³-hybridized carbons (Fsp3) is 0.333. The van der Waals surface area contributed by atoms with E-state index in [0.717, 1.165) is 81.5 Å². The topological polar surface area (TPSA) is 179 Å². The number of halogens is 1. The first kappa shape index (κ1) is 48.7. The van der Waals surface area contributed by atoms with Crippen LogP contribution in [0.15, 0.2) is 115 Å². The lowest BCUT2D eigenvalue weighted by atomic mass is 10.0. The SMILES string of the molecule is Cc1ncsc1-c1ccc([C@H](C)NC(=O)C2CCCN2C(=O)C(C(C)C)n2cc(-c3ccnc(N4CCC(Nc5ccc(C(=O)N[C@@H](C)Cn6ccc(-c7ccc(C#N)c(Cl)c7)n6)cc5)C4)c3)cn2)cc1. The number of hydrogen-bond donors (Lipinski definition) is 3. The number of nitriles is 1. The highest BCUT2D eigenvalue weighted by atomic mass is 35.5. The van der Waals surface area contributed by atoms with E-state index in [9.17, 15) is 19.6 Å². The lowest BCUT2D eigenvalue weighted by Crippen LogP contribution is -2.49. The van der Waals surface area contributed by atoms with Crippen molar-refractivity contribution in [1.82, 2.24) is 45.1 Å². The van der Waals surface area contributed by atoms with Crippen molar-refractivity contribution in [2.75, 3.05) is 29.9 Å². The average Bonchev–Trinajstić information content (AvgIpc) is 4.24. The summed E-state index contributed by atoms with van der Waals surface area (Å²) in [5.74, 6) is 0.364. The molecule has 0 radical (unpaired) electrons. The zero-order valence-electron chi connectivity index (χ0n) is 40.4. The lowest BCUT2D eigenvalue weighted by Gasteiger charge is -2.30. The number of likely N-dealkylation sites (tertiary alicyclic amines) is 1. The molecule has 2 saturated heterocycles. The van der Waals surface area contributed by atoms with Gasteiger partial charge < -0.3 is 25.8 Å². The van der Waals surface area contributed by atoms with E-state index in [1.54, 1.807) is 43.9 Å². The molecule has 2 aliphatic rings. The number of pyridine rings is 1. The van der Waals surface area contributed by atoms with E-state index in [1.165, 1.54) is 0 Å². The number of rotatable bonds is 16. The minimum atomic E-state index is -0.582. The highest BCUT2D eigenvalue weighted by Crippen LogP contribution is 2.32. The van der Waals surface area contributed by atoms with Crippen LogP contribution in [-0.4, -0.2) is 89.9 Å². The molecule has 3 amide bonds. The van der Waals surface area contributed by atoms with E-state index in [1.807, 2.05) is 113 Å². The number of aryl methyl sites for hydroxylation is 1. The summed E-state index contributed by atoms with van der Waals surface area (Å²) in [6.07, 6.45) is 9.66. The molecule has 15 nitrogen and oxygen atoms in total. The summed E-state index contributed by atoms with van der Waals surface area (Å²) in [5.41, 5.74) is 10.2. The second kappa shape index (κ2) is 21.3. The third-order valence-corrected chi connectivity index (χ3v) is 14.7. The molecule has 0 bridgehead atoms. The number of hydrogen-bond acceptors (Lipinski definition) is 11. The Labute approximate surface area is 422 Å². The van der Waals surface area contributed by atoms with Gasteiger partial charge >= 0.3 is 0 Å². The molecule has 2 fully saturated rings. The molecule has 0 spiro atoms. The molecule has 3 aromatic carbocycles. The Morgan fingerprint density at radius 2 is 1.68 bits per heavy atom. The summed E-state index contributed by atoms with van der Waals surface area (Å²) in [4.78, 5) is 55.6. The van der Waals surface area contributed by atoms with Gasteiger partial charge in [-0.25, -0.2) is 9.97 Å². The largest absolute Gasteiger partial charge is 0.380 e. The number of thiazole rings is 1. The molecule has 71 heavy (non-hydrogen) atoms. The van der Waals surface area contributed by atoms with Gasteiger partial charge in [-0.1, -0.05) is 55.8 Å². The highest BCUT2D eigenvalue weighted by molar-refractivity contribution is 7.13. The predicted molar refractivity (Wildman–Crippen MR) is 278 cm³/mol. The van der Waals surface area contributed by atoms with E-state index < -0.39 is 12.1 Å².